The van der Waals surface area contributed by atoms with E-state index in [1.807, 2.05) is 12.1 Å². The van der Waals surface area contributed by atoms with Crippen molar-refractivity contribution in [1.29, 1.82) is 0 Å². The number of carbonyl (C=O) groups excluding carboxylic acids is 1. The van der Waals surface area contributed by atoms with E-state index in [9.17, 15) is 4.79 Å². The molecule has 4 heteroatoms. The number of aromatic nitrogens is 1. The van der Waals surface area contributed by atoms with Gasteiger partial charge in [0.25, 0.3) is 0 Å². The van der Waals surface area contributed by atoms with Gasteiger partial charge in [0, 0.05) is 41.0 Å². The third kappa shape index (κ3) is 3.23. The summed E-state index contributed by atoms with van der Waals surface area (Å²) in [6, 6.07) is 8.11. The standard InChI is InChI=1S/C22H27ClN2O/c1-3-18-14(2)24-20-12-16-9-11-25(13-19(16)22(26)21(18)20)10-8-15-4-6-17(23)7-5-15/h4-7,16,19,24H,3,8-13H2,1-2H3. The normalized spacial score (nSPS) is 23.0. The zero-order chi connectivity index (χ0) is 18.3. The van der Waals surface area contributed by atoms with E-state index in [1.165, 1.54) is 22.5 Å². The summed E-state index contributed by atoms with van der Waals surface area (Å²) in [6.45, 7) is 7.26. The molecule has 3 nitrogen and oxygen atoms in total. The van der Waals surface area contributed by atoms with Crippen molar-refractivity contribution in [2.75, 3.05) is 19.6 Å². The molecule has 0 saturated carbocycles. The van der Waals surface area contributed by atoms with E-state index in [1.54, 1.807) is 0 Å². The SMILES string of the molecule is CCc1c(C)[nH]c2c1C(=O)C1CN(CCc3ccc(Cl)cc3)CCC1C2. The fourth-order valence-electron chi connectivity index (χ4n) is 4.82. The van der Waals surface area contributed by atoms with E-state index in [0.717, 1.165) is 55.9 Å². The Balaban J connectivity index is 1.46. The molecule has 1 aromatic heterocycles. The van der Waals surface area contributed by atoms with Gasteiger partial charge in [-0.05, 0) is 68.3 Å². The van der Waals surface area contributed by atoms with Gasteiger partial charge in [0.15, 0.2) is 5.78 Å². The number of likely N-dealkylation sites (tertiary alicyclic amines) is 1. The van der Waals surface area contributed by atoms with Gasteiger partial charge in [0.05, 0.1) is 0 Å². The number of fused-ring (bicyclic) bond motifs is 2. The Kier molecular flexibility index (Phi) is 4.94. The summed E-state index contributed by atoms with van der Waals surface area (Å²) in [4.78, 5) is 19.2. The molecule has 26 heavy (non-hydrogen) atoms. The number of rotatable bonds is 4. The third-order valence-corrected chi connectivity index (χ3v) is 6.52. The average molecular weight is 371 g/mol. The number of aromatic amines is 1. The minimum absolute atomic E-state index is 0.168. The molecule has 1 fully saturated rings. The molecule has 1 N–H and O–H groups in total. The summed E-state index contributed by atoms with van der Waals surface area (Å²) in [7, 11) is 0. The second-order valence-electron chi connectivity index (χ2n) is 7.84. The first-order chi connectivity index (χ1) is 12.6. The first kappa shape index (κ1) is 17.8. The molecule has 1 aliphatic carbocycles. The summed E-state index contributed by atoms with van der Waals surface area (Å²) < 4.78 is 0. The van der Waals surface area contributed by atoms with Crippen LogP contribution in [0.15, 0.2) is 24.3 Å². The van der Waals surface area contributed by atoms with Gasteiger partial charge in [-0.15, -0.1) is 0 Å². The van der Waals surface area contributed by atoms with Crippen LogP contribution in [-0.4, -0.2) is 35.3 Å². The zero-order valence-corrected chi connectivity index (χ0v) is 16.4. The highest BCUT2D eigenvalue weighted by Crippen LogP contribution is 2.38. The van der Waals surface area contributed by atoms with Crippen molar-refractivity contribution in [1.82, 2.24) is 9.88 Å². The molecule has 0 amide bonds. The number of benzene rings is 1. The molecule has 0 radical (unpaired) electrons. The number of aryl methyl sites for hydroxylation is 1. The monoisotopic (exact) mass is 370 g/mol. The highest BCUT2D eigenvalue weighted by molar-refractivity contribution is 6.30. The molecule has 0 spiro atoms. The smallest absolute Gasteiger partial charge is 0.169 e. The number of halogens is 1. The topological polar surface area (TPSA) is 36.1 Å². The summed E-state index contributed by atoms with van der Waals surface area (Å²) >= 11 is 5.97. The Labute approximate surface area is 160 Å². The maximum absolute atomic E-state index is 13.2. The minimum atomic E-state index is 0.168. The third-order valence-electron chi connectivity index (χ3n) is 6.27. The molecule has 2 heterocycles. The van der Waals surface area contributed by atoms with E-state index in [0.29, 0.717) is 11.7 Å². The van der Waals surface area contributed by atoms with Crippen molar-refractivity contribution in [3.8, 4) is 0 Å². The molecule has 138 valence electrons. The summed E-state index contributed by atoms with van der Waals surface area (Å²) in [5, 5.41) is 0.784. The van der Waals surface area contributed by atoms with Gasteiger partial charge >= 0.3 is 0 Å². The molecule has 1 aliphatic heterocycles. The molecule has 1 aromatic carbocycles. The van der Waals surface area contributed by atoms with Gasteiger partial charge in [-0.1, -0.05) is 30.7 Å². The summed E-state index contributed by atoms with van der Waals surface area (Å²) in [5.41, 5.74) is 5.94. The van der Waals surface area contributed by atoms with Crippen LogP contribution in [0.2, 0.25) is 5.02 Å². The van der Waals surface area contributed by atoms with Crippen molar-refractivity contribution in [3.05, 3.63) is 57.4 Å². The second kappa shape index (κ2) is 7.21. The largest absolute Gasteiger partial charge is 0.362 e. The van der Waals surface area contributed by atoms with Crippen LogP contribution in [0.5, 0.6) is 0 Å². The van der Waals surface area contributed by atoms with Crippen LogP contribution in [0, 0.1) is 18.8 Å². The first-order valence-electron chi connectivity index (χ1n) is 9.78. The zero-order valence-electron chi connectivity index (χ0n) is 15.6. The highest BCUT2D eigenvalue weighted by atomic mass is 35.5. The Morgan fingerprint density at radius 2 is 2.04 bits per heavy atom. The molecule has 1 saturated heterocycles. The lowest BCUT2D eigenvalue weighted by Gasteiger charge is -2.40. The van der Waals surface area contributed by atoms with Gasteiger partial charge < -0.3 is 9.88 Å². The number of hydrogen-bond acceptors (Lipinski definition) is 2. The van der Waals surface area contributed by atoms with Crippen LogP contribution in [0.25, 0.3) is 0 Å². The van der Waals surface area contributed by atoms with Gasteiger partial charge in [0.2, 0.25) is 0 Å². The fraction of sp³-hybridized carbons (Fsp3) is 0.500. The second-order valence-corrected chi connectivity index (χ2v) is 8.27. The lowest BCUT2D eigenvalue weighted by Crippen LogP contribution is -2.47. The van der Waals surface area contributed by atoms with Crippen LogP contribution < -0.4 is 0 Å². The molecule has 2 aliphatic rings. The number of nitrogens with zero attached hydrogens (tertiary/aromatic N) is 1. The maximum atomic E-state index is 13.2. The van der Waals surface area contributed by atoms with Gasteiger partial charge in [0.1, 0.15) is 0 Å². The number of nitrogens with one attached hydrogen (secondary N) is 1. The van der Waals surface area contributed by atoms with Crippen molar-refractivity contribution in [2.45, 2.75) is 39.5 Å². The van der Waals surface area contributed by atoms with E-state index < -0.39 is 0 Å². The number of Topliss-reactive ketones (excluding diaryl/α,β-unsaturated/α-hetero) is 1. The molecular weight excluding hydrogens is 344 g/mol. The lowest BCUT2D eigenvalue weighted by molar-refractivity contribution is 0.0662. The van der Waals surface area contributed by atoms with Crippen LogP contribution in [-0.2, 0) is 19.3 Å². The van der Waals surface area contributed by atoms with Crippen molar-refractivity contribution in [2.24, 2.45) is 11.8 Å². The number of hydrogen-bond donors (Lipinski definition) is 1. The van der Waals surface area contributed by atoms with Crippen molar-refractivity contribution < 1.29 is 4.79 Å². The highest BCUT2D eigenvalue weighted by Gasteiger charge is 2.41. The van der Waals surface area contributed by atoms with Crippen LogP contribution in [0.4, 0.5) is 0 Å². The van der Waals surface area contributed by atoms with Gasteiger partial charge in [-0.25, -0.2) is 0 Å². The quantitative estimate of drug-likeness (QED) is 0.862. The van der Waals surface area contributed by atoms with Gasteiger partial charge in [-0.2, -0.15) is 0 Å². The number of piperidine rings is 1. The molecule has 2 aromatic rings. The summed E-state index contributed by atoms with van der Waals surface area (Å²) in [5.74, 6) is 1.06. The number of H-pyrrole nitrogens is 1. The fourth-order valence-corrected chi connectivity index (χ4v) is 4.95. The molecule has 0 bridgehead atoms. The van der Waals surface area contributed by atoms with E-state index in [2.05, 4.69) is 35.9 Å². The van der Waals surface area contributed by atoms with Gasteiger partial charge in [-0.3, -0.25) is 4.79 Å². The average Bonchev–Trinajstić information content (AvgIpc) is 2.97. The van der Waals surface area contributed by atoms with Crippen molar-refractivity contribution >= 4 is 17.4 Å². The molecule has 2 atom stereocenters. The molecular formula is C22H27ClN2O. The number of carbonyl (C=O) groups is 1. The van der Waals surface area contributed by atoms with Crippen LogP contribution >= 0.6 is 11.6 Å². The van der Waals surface area contributed by atoms with E-state index in [-0.39, 0.29) is 5.92 Å². The predicted octanol–water partition coefficient (Wildman–Crippen LogP) is 4.46. The van der Waals surface area contributed by atoms with Crippen LogP contribution in [0.3, 0.4) is 0 Å². The maximum Gasteiger partial charge on any atom is 0.169 e. The van der Waals surface area contributed by atoms with Crippen molar-refractivity contribution in [3.63, 3.8) is 0 Å². The Morgan fingerprint density at radius 3 is 2.77 bits per heavy atom. The Hall–Kier alpha value is -1.58. The predicted molar refractivity (Wildman–Crippen MR) is 106 cm³/mol. The molecule has 4 rings (SSSR count). The number of ketones is 1. The lowest BCUT2D eigenvalue weighted by atomic mass is 9.72. The van der Waals surface area contributed by atoms with E-state index >= 15 is 0 Å². The Bertz CT molecular complexity index is 808. The first-order valence-corrected chi connectivity index (χ1v) is 10.2. The Morgan fingerprint density at radius 1 is 1.27 bits per heavy atom. The van der Waals surface area contributed by atoms with E-state index in [4.69, 9.17) is 11.6 Å². The minimum Gasteiger partial charge on any atom is -0.362 e. The van der Waals surface area contributed by atoms with Crippen LogP contribution in [0.1, 0.15) is 46.2 Å². The summed E-state index contributed by atoms with van der Waals surface area (Å²) in [6.07, 6.45) is 4.10. The molecule has 2 unspecified atom stereocenters.